The minimum atomic E-state index is 0.548. The van der Waals surface area contributed by atoms with Crippen LogP contribution in [0.3, 0.4) is 0 Å². The predicted octanol–water partition coefficient (Wildman–Crippen LogP) is 1.67. The molecular formula is C11H14N4. The van der Waals surface area contributed by atoms with Crippen LogP contribution in [-0.2, 0) is 0 Å². The average molecular weight is 202 g/mol. The van der Waals surface area contributed by atoms with E-state index in [0.29, 0.717) is 12.5 Å². The summed E-state index contributed by atoms with van der Waals surface area (Å²) in [6.07, 6.45) is 4.72. The van der Waals surface area contributed by atoms with Crippen molar-refractivity contribution in [3.63, 3.8) is 0 Å². The average Bonchev–Trinajstić information content (AvgIpc) is 3.03. The number of hydrogen-bond acceptors (Lipinski definition) is 4. The monoisotopic (exact) mass is 202 g/mol. The molecule has 1 heterocycles. The van der Waals surface area contributed by atoms with Gasteiger partial charge in [0.05, 0.1) is 18.7 Å². The summed E-state index contributed by atoms with van der Waals surface area (Å²) in [5, 5.41) is 16.7. The molecule has 0 saturated heterocycles. The first-order chi connectivity index (χ1) is 7.31. The van der Waals surface area contributed by atoms with Crippen LogP contribution in [0.2, 0.25) is 0 Å². The molecular weight excluding hydrogens is 188 g/mol. The molecule has 0 bridgehead atoms. The van der Waals surface area contributed by atoms with E-state index >= 15 is 0 Å². The predicted molar refractivity (Wildman–Crippen MR) is 57.4 cm³/mol. The number of nitriles is 1. The first-order valence-corrected chi connectivity index (χ1v) is 5.24. The minimum Gasteiger partial charge on any atom is -0.351 e. The molecule has 0 spiro atoms. The van der Waals surface area contributed by atoms with Gasteiger partial charge in [-0.25, -0.2) is 0 Å². The number of aromatic nitrogens is 2. The van der Waals surface area contributed by atoms with Crippen LogP contribution in [0.15, 0.2) is 12.3 Å². The first-order valence-electron chi connectivity index (χ1n) is 5.24. The van der Waals surface area contributed by atoms with Crippen molar-refractivity contribution in [2.24, 2.45) is 0 Å². The van der Waals surface area contributed by atoms with Crippen molar-refractivity contribution in [2.45, 2.75) is 32.2 Å². The third kappa shape index (κ3) is 2.44. The van der Waals surface area contributed by atoms with Gasteiger partial charge in [0.1, 0.15) is 0 Å². The lowest BCUT2D eigenvalue weighted by Gasteiger charge is -2.21. The molecule has 2 rings (SSSR count). The number of rotatable bonds is 4. The van der Waals surface area contributed by atoms with Gasteiger partial charge in [0.25, 0.3) is 0 Å². The normalized spacial score (nSPS) is 14.7. The highest BCUT2D eigenvalue weighted by Crippen LogP contribution is 2.30. The zero-order valence-corrected chi connectivity index (χ0v) is 8.85. The Bertz CT molecular complexity index is 378. The molecule has 0 unspecified atom stereocenters. The molecule has 0 aromatic carbocycles. The second-order valence-electron chi connectivity index (χ2n) is 3.92. The highest BCUT2D eigenvalue weighted by molar-refractivity contribution is 5.42. The fourth-order valence-corrected chi connectivity index (χ4v) is 1.63. The van der Waals surface area contributed by atoms with Crippen LogP contribution in [0.4, 0.5) is 5.82 Å². The Balaban J connectivity index is 2.13. The van der Waals surface area contributed by atoms with Crippen molar-refractivity contribution in [2.75, 3.05) is 11.4 Å². The Hall–Kier alpha value is -1.63. The van der Waals surface area contributed by atoms with E-state index in [1.807, 2.05) is 13.0 Å². The smallest absolute Gasteiger partial charge is 0.151 e. The first kappa shape index (κ1) is 9.91. The zero-order valence-electron chi connectivity index (χ0n) is 8.85. The number of nitrogens with zero attached hydrogens (tertiary/aromatic N) is 4. The molecule has 1 saturated carbocycles. The van der Waals surface area contributed by atoms with Gasteiger partial charge in [-0.05, 0) is 31.4 Å². The lowest BCUT2D eigenvalue weighted by atomic mass is 10.3. The molecule has 0 aliphatic heterocycles. The molecule has 1 aromatic rings. The molecule has 4 heteroatoms. The Morgan fingerprint density at radius 2 is 2.40 bits per heavy atom. The molecule has 1 aliphatic carbocycles. The fourth-order valence-electron chi connectivity index (χ4n) is 1.63. The SMILES string of the molecule is Cc1cnnc(N(CCC#N)C2CC2)c1. The lowest BCUT2D eigenvalue weighted by Crippen LogP contribution is -2.27. The summed E-state index contributed by atoms with van der Waals surface area (Å²) in [5.41, 5.74) is 1.11. The topological polar surface area (TPSA) is 52.8 Å². The molecule has 1 aliphatic rings. The van der Waals surface area contributed by atoms with E-state index in [1.54, 1.807) is 6.20 Å². The van der Waals surface area contributed by atoms with Crippen molar-refractivity contribution in [1.82, 2.24) is 10.2 Å². The third-order valence-corrected chi connectivity index (χ3v) is 2.52. The van der Waals surface area contributed by atoms with E-state index in [2.05, 4.69) is 21.2 Å². The maximum Gasteiger partial charge on any atom is 0.151 e. The van der Waals surface area contributed by atoms with Crippen LogP contribution in [0.1, 0.15) is 24.8 Å². The van der Waals surface area contributed by atoms with E-state index in [0.717, 1.165) is 17.9 Å². The summed E-state index contributed by atoms with van der Waals surface area (Å²) in [7, 11) is 0. The number of anilines is 1. The van der Waals surface area contributed by atoms with Crippen LogP contribution in [0, 0.1) is 18.3 Å². The minimum absolute atomic E-state index is 0.548. The molecule has 1 aromatic heterocycles. The summed E-state index contributed by atoms with van der Waals surface area (Å²) in [6.45, 7) is 2.77. The van der Waals surface area contributed by atoms with Crippen LogP contribution >= 0.6 is 0 Å². The Kier molecular flexibility index (Phi) is 2.82. The Labute approximate surface area is 89.5 Å². The van der Waals surface area contributed by atoms with Crippen molar-refractivity contribution >= 4 is 5.82 Å². The molecule has 0 atom stereocenters. The van der Waals surface area contributed by atoms with E-state index < -0.39 is 0 Å². The molecule has 78 valence electrons. The van der Waals surface area contributed by atoms with Gasteiger partial charge in [0, 0.05) is 12.6 Å². The molecule has 0 amide bonds. The highest BCUT2D eigenvalue weighted by atomic mass is 15.3. The van der Waals surface area contributed by atoms with Crippen molar-refractivity contribution in [1.29, 1.82) is 5.26 Å². The Morgan fingerprint density at radius 1 is 1.60 bits per heavy atom. The maximum atomic E-state index is 8.61. The molecule has 15 heavy (non-hydrogen) atoms. The summed E-state index contributed by atoms with van der Waals surface area (Å²) in [5.74, 6) is 0.910. The summed E-state index contributed by atoms with van der Waals surface area (Å²) >= 11 is 0. The van der Waals surface area contributed by atoms with Gasteiger partial charge < -0.3 is 4.90 Å². The van der Waals surface area contributed by atoms with Crippen molar-refractivity contribution < 1.29 is 0 Å². The van der Waals surface area contributed by atoms with E-state index in [-0.39, 0.29) is 0 Å². The van der Waals surface area contributed by atoms with E-state index in [4.69, 9.17) is 5.26 Å². The van der Waals surface area contributed by atoms with Gasteiger partial charge in [0.2, 0.25) is 0 Å². The van der Waals surface area contributed by atoms with Gasteiger partial charge >= 0.3 is 0 Å². The van der Waals surface area contributed by atoms with Gasteiger partial charge in [-0.15, -0.1) is 5.10 Å². The number of hydrogen-bond donors (Lipinski definition) is 0. The lowest BCUT2D eigenvalue weighted by molar-refractivity contribution is 0.763. The summed E-state index contributed by atoms with van der Waals surface area (Å²) in [4.78, 5) is 2.20. The third-order valence-electron chi connectivity index (χ3n) is 2.52. The number of aryl methyl sites for hydroxylation is 1. The molecule has 0 N–H and O–H groups in total. The molecule has 1 fully saturated rings. The van der Waals surface area contributed by atoms with Crippen molar-refractivity contribution in [3.05, 3.63) is 17.8 Å². The highest BCUT2D eigenvalue weighted by Gasteiger charge is 2.29. The van der Waals surface area contributed by atoms with Gasteiger partial charge in [-0.3, -0.25) is 0 Å². The van der Waals surface area contributed by atoms with E-state index in [1.165, 1.54) is 12.8 Å². The largest absolute Gasteiger partial charge is 0.351 e. The van der Waals surface area contributed by atoms with Gasteiger partial charge in [0.15, 0.2) is 5.82 Å². The van der Waals surface area contributed by atoms with E-state index in [9.17, 15) is 0 Å². The summed E-state index contributed by atoms with van der Waals surface area (Å²) < 4.78 is 0. The fraction of sp³-hybridized carbons (Fsp3) is 0.545. The van der Waals surface area contributed by atoms with Crippen molar-refractivity contribution in [3.8, 4) is 6.07 Å². The van der Waals surface area contributed by atoms with Crippen LogP contribution in [0.5, 0.6) is 0 Å². The molecule has 4 nitrogen and oxygen atoms in total. The molecule has 0 radical (unpaired) electrons. The second-order valence-corrected chi connectivity index (χ2v) is 3.92. The zero-order chi connectivity index (χ0) is 10.7. The Morgan fingerprint density at radius 3 is 3.00 bits per heavy atom. The van der Waals surface area contributed by atoms with Crippen LogP contribution in [-0.4, -0.2) is 22.8 Å². The second kappa shape index (κ2) is 4.26. The van der Waals surface area contributed by atoms with Crippen LogP contribution < -0.4 is 4.90 Å². The quantitative estimate of drug-likeness (QED) is 0.745. The van der Waals surface area contributed by atoms with Gasteiger partial charge in [-0.1, -0.05) is 0 Å². The summed E-state index contributed by atoms with van der Waals surface area (Å²) in [6, 6.07) is 4.78. The van der Waals surface area contributed by atoms with Crippen LogP contribution in [0.25, 0.3) is 0 Å². The van der Waals surface area contributed by atoms with Gasteiger partial charge in [-0.2, -0.15) is 10.4 Å². The standard InChI is InChI=1S/C11H14N4/c1-9-7-11(14-13-8-9)15(6-2-5-12)10-3-4-10/h7-8,10H,2-4,6H2,1H3. The maximum absolute atomic E-state index is 8.61.